The summed E-state index contributed by atoms with van der Waals surface area (Å²) in [7, 11) is 2.10. The van der Waals surface area contributed by atoms with Crippen molar-refractivity contribution < 1.29 is 5.11 Å². The summed E-state index contributed by atoms with van der Waals surface area (Å²) in [5, 5.41) is 8.79. The Bertz CT molecular complexity index is 93.6. The van der Waals surface area contributed by atoms with Crippen LogP contribution in [0.15, 0.2) is 0 Å². The molecule has 2 nitrogen and oxygen atoms in total. The molecule has 1 atom stereocenters. The summed E-state index contributed by atoms with van der Waals surface area (Å²) in [5.41, 5.74) is 0. The first-order chi connectivity index (χ1) is 5.06. The molecule has 0 saturated carbocycles. The topological polar surface area (TPSA) is 23.5 Å². The quantitative estimate of drug-likeness (QED) is 0.651. The SMILES string of the molecule is CC(C)CN(C)CC(C)CO. The van der Waals surface area contributed by atoms with E-state index in [0.29, 0.717) is 18.4 Å². The van der Waals surface area contributed by atoms with E-state index in [1.807, 2.05) is 0 Å². The molecular formula is C9H21NO. The Morgan fingerprint density at radius 2 is 1.73 bits per heavy atom. The molecule has 0 bridgehead atoms. The Balaban J connectivity index is 3.43. The molecule has 0 amide bonds. The molecule has 0 aliphatic rings. The zero-order valence-corrected chi connectivity index (χ0v) is 8.17. The molecule has 68 valence electrons. The molecule has 1 unspecified atom stereocenters. The van der Waals surface area contributed by atoms with Crippen LogP contribution < -0.4 is 0 Å². The first-order valence-electron chi connectivity index (χ1n) is 4.35. The van der Waals surface area contributed by atoms with Crippen molar-refractivity contribution in [3.05, 3.63) is 0 Å². The van der Waals surface area contributed by atoms with E-state index < -0.39 is 0 Å². The summed E-state index contributed by atoms with van der Waals surface area (Å²) >= 11 is 0. The molecular weight excluding hydrogens is 138 g/mol. The van der Waals surface area contributed by atoms with E-state index in [4.69, 9.17) is 5.11 Å². The third-order valence-electron chi connectivity index (χ3n) is 1.61. The Hall–Kier alpha value is -0.0800. The van der Waals surface area contributed by atoms with E-state index >= 15 is 0 Å². The van der Waals surface area contributed by atoms with Gasteiger partial charge in [-0.2, -0.15) is 0 Å². The van der Waals surface area contributed by atoms with Gasteiger partial charge in [-0.25, -0.2) is 0 Å². The van der Waals surface area contributed by atoms with Crippen molar-refractivity contribution in [1.82, 2.24) is 4.90 Å². The minimum atomic E-state index is 0.294. The van der Waals surface area contributed by atoms with Gasteiger partial charge in [-0.05, 0) is 18.9 Å². The van der Waals surface area contributed by atoms with Gasteiger partial charge in [0.15, 0.2) is 0 Å². The fourth-order valence-electron chi connectivity index (χ4n) is 1.29. The molecule has 0 saturated heterocycles. The zero-order valence-electron chi connectivity index (χ0n) is 8.17. The van der Waals surface area contributed by atoms with Gasteiger partial charge in [-0.3, -0.25) is 0 Å². The highest BCUT2D eigenvalue weighted by Crippen LogP contribution is 2.00. The molecule has 11 heavy (non-hydrogen) atoms. The first-order valence-corrected chi connectivity index (χ1v) is 4.35. The van der Waals surface area contributed by atoms with E-state index in [-0.39, 0.29) is 0 Å². The maximum atomic E-state index is 8.79. The van der Waals surface area contributed by atoms with Crippen LogP contribution in [-0.4, -0.2) is 36.8 Å². The molecule has 0 spiro atoms. The highest BCUT2D eigenvalue weighted by molar-refractivity contribution is 4.59. The summed E-state index contributed by atoms with van der Waals surface area (Å²) in [6.07, 6.45) is 0. The van der Waals surface area contributed by atoms with Gasteiger partial charge in [0.05, 0.1) is 0 Å². The van der Waals surface area contributed by atoms with Crippen LogP contribution in [0.1, 0.15) is 20.8 Å². The third-order valence-corrected chi connectivity index (χ3v) is 1.61. The highest BCUT2D eigenvalue weighted by Gasteiger charge is 2.05. The fourth-order valence-corrected chi connectivity index (χ4v) is 1.29. The number of aliphatic hydroxyl groups excluding tert-OH is 1. The summed E-state index contributed by atoms with van der Waals surface area (Å²) < 4.78 is 0. The molecule has 0 radical (unpaired) electrons. The Morgan fingerprint density at radius 3 is 2.09 bits per heavy atom. The van der Waals surface area contributed by atoms with E-state index in [2.05, 4.69) is 32.7 Å². The predicted molar refractivity (Wildman–Crippen MR) is 48.6 cm³/mol. The van der Waals surface area contributed by atoms with Crippen LogP contribution in [0, 0.1) is 11.8 Å². The minimum Gasteiger partial charge on any atom is -0.396 e. The minimum absolute atomic E-state index is 0.294. The second-order valence-electron chi connectivity index (χ2n) is 3.90. The van der Waals surface area contributed by atoms with Crippen molar-refractivity contribution >= 4 is 0 Å². The Labute approximate surface area is 70.2 Å². The van der Waals surface area contributed by atoms with Gasteiger partial charge >= 0.3 is 0 Å². The number of aliphatic hydroxyl groups is 1. The normalized spacial score (nSPS) is 14.5. The lowest BCUT2D eigenvalue weighted by atomic mass is 10.1. The first kappa shape index (κ1) is 10.9. The fraction of sp³-hybridized carbons (Fsp3) is 1.00. The monoisotopic (exact) mass is 159 g/mol. The van der Waals surface area contributed by atoms with Crippen molar-refractivity contribution in [2.75, 3.05) is 26.7 Å². The summed E-state index contributed by atoms with van der Waals surface area (Å²) in [6.45, 7) is 8.89. The molecule has 2 heteroatoms. The largest absolute Gasteiger partial charge is 0.396 e. The molecule has 0 heterocycles. The van der Waals surface area contributed by atoms with Crippen LogP contribution in [0.25, 0.3) is 0 Å². The lowest BCUT2D eigenvalue weighted by Gasteiger charge is -2.21. The molecule has 0 aromatic rings. The average molecular weight is 159 g/mol. The maximum absolute atomic E-state index is 8.79. The lowest BCUT2D eigenvalue weighted by molar-refractivity contribution is 0.182. The van der Waals surface area contributed by atoms with Gasteiger partial charge in [-0.15, -0.1) is 0 Å². The predicted octanol–water partition coefficient (Wildman–Crippen LogP) is 1.20. The number of rotatable bonds is 5. The number of nitrogens with zero attached hydrogens (tertiary/aromatic N) is 1. The highest BCUT2D eigenvalue weighted by atomic mass is 16.3. The van der Waals surface area contributed by atoms with Gasteiger partial charge in [0.2, 0.25) is 0 Å². The molecule has 0 aromatic carbocycles. The third kappa shape index (κ3) is 6.32. The molecule has 1 N–H and O–H groups in total. The van der Waals surface area contributed by atoms with E-state index in [9.17, 15) is 0 Å². The smallest absolute Gasteiger partial charge is 0.0468 e. The molecule has 0 aliphatic heterocycles. The summed E-state index contributed by atoms with van der Waals surface area (Å²) in [5.74, 6) is 1.12. The molecule has 0 aromatic heterocycles. The van der Waals surface area contributed by atoms with Gasteiger partial charge < -0.3 is 10.0 Å². The van der Waals surface area contributed by atoms with Crippen LogP contribution in [0.2, 0.25) is 0 Å². The summed E-state index contributed by atoms with van der Waals surface area (Å²) in [4.78, 5) is 2.27. The second kappa shape index (κ2) is 5.56. The van der Waals surface area contributed by atoms with Crippen molar-refractivity contribution in [1.29, 1.82) is 0 Å². The lowest BCUT2D eigenvalue weighted by Crippen LogP contribution is -2.29. The number of hydrogen-bond donors (Lipinski definition) is 1. The average Bonchev–Trinajstić information content (AvgIpc) is 1.85. The van der Waals surface area contributed by atoms with Gasteiger partial charge in [0.25, 0.3) is 0 Å². The van der Waals surface area contributed by atoms with Crippen LogP contribution in [0.4, 0.5) is 0 Å². The van der Waals surface area contributed by atoms with Crippen LogP contribution >= 0.6 is 0 Å². The molecule has 0 aliphatic carbocycles. The van der Waals surface area contributed by atoms with Crippen molar-refractivity contribution in [3.8, 4) is 0 Å². The van der Waals surface area contributed by atoms with E-state index in [1.165, 1.54) is 0 Å². The van der Waals surface area contributed by atoms with E-state index in [0.717, 1.165) is 13.1 Å². The van der Waals surface area contributed by atoms with Crippen molar-refractivity contribution in [2.45, 2.75) is 20.8 Å². The maximum Gasteiger partial charge on any atom is 0.0468 e. The van der Waals surface area contributed by atoms with E-state index in [1.54, 1.807) is 0 Å². The standard InChI is InChI=1S/C9H21NO/c1-8(2)5-10(4)6-9(3)7-11/h8-9,11H,5-7H2,1-4H3. The van der Waals surface area contributed by atoms with Gasteiger partial charge in [-0.1, -0.05) is 20.8 Å². The van der Waals surface area contributed by atoms with Crippen molar-refractivity contribution in [3.63, 3.8) is 0 Å². The Morgan fingerprint density at radius 1 is 1.18 bits per heavy atom. The van der Waals surface area contributed by atoms with Gasteiger partial charge in [0, 0.05) is 19.7 Å². The Kier molecular flexibility index (Phi) is 5.51. The van der Waals surface area contributed by atoms with Crippen LogP contribution in [0.5, 0.6) is 0 Å². The zero-order chi connectivity index (χ0) is 8.85. The van der Waals surface area contributed by atoms with Crippen molar-refractivity contribution in [2.24, 2.45) is 11.8 Å². The molecule has 0 rings (SSSR count). The van der Waals surface area contributed by atoms with Gasteiger partial charge in [0.1, 0.15) is 0 Å². The van der Waals surface area contributed by atoms with Crippen LogP contribution in [-0.2, 0) is 0 Å². The molecule has 0 fully saturated rings. The summed E-state index contributed by atoms with van der Waals surface area (Å²) in [6, 6.07) is 0. The number of hydrogen-bond acceptors (Lipinski definition) is 2. The van der Waals surface area contributed by atoms with Crippen LogP contribution in [0.3, 0.4) is 0 Å². The second-order valence-corrected chi connectivity index (χ2v) is 3.90.